The zero-order valence-electron chi connectivity index (χ0n) is 11.3. The van der Waals surface area contributed by atoms with Crippen LogP contribution >= 0.6 is 24.2 Å². The number of halogens is 1. The van der Waals surface area contributed by atoms with Crippen molar-refractivity contribution in [1.82, 2.24) is 4.90 Å². The van der Waals surface area contributed by atoms with Gasteiger partial charge in [-0.25, -0.2) is 0 Å². The number of hydrogen-bond donors (Lipinski definition) is 1. The molecule has 3 rings (SSSR count). The number of phenolic OH excluding ortho intramolecular Hbond substituents is 1. The van der Waals surface area contributed by atoms with Crippen molar-refractivity contribution < 1.29 is 5.11 Å². The summed E-state index contributed by atoms with van der Waals surface area (Å²) < 4.78 is 0. The van der Waals surface area contributed by atoms with Crippen LogP contribution in [0, 0.1) is 0 Å². The van der Waals surface area contributed by atoms with Crippen LogP contribution in [0.25, 0.3) is 0 Å². The van der Waals surface area contributed by atoms with E-state index in [1.165, 1.54) is 48.6 Å². The van der Waals surface area contributed by atoms with Gasteiger partial charge in [0.05, 0.1) is 0 Å². The van der Waals surface area contributed by atoms with E-state index in [1.54, 1.807) is 0 Å². The van der Waals surface area contributed by atoms with Crippen molar-refractivity contribution >= 4 is 24.2 Å². The molecule has 0 saturated carbocycles. The first-order chi connectivity index (χ1) is 8.79. The lowest BCUT2D eigenvalue weighted by atomic mass is 9.83. The fourth-order valence-corrected chi connectivity index (χ4v) is 4.74. The summed E-state index contributed by atoms with van der Waals surface area (Å²) in [5, 5.41) is 9.72. The Kier molecular flexibility index (Phi) is 5.04. The minimum absolute atomic E-state index is 0. The molecule has 19 heavy (non-hydrogen) atoms. The quantitative estimate of drug-likeness (QED) is 0.896. The van der Waals surface area contributed by atoms with E-state index in [4.69, 9.17) is 0 Å². The van der Waals surface area contributed by atoms with Gasteiger partial charge in [0, 0.05) is 22.6 Å². The lowest BCUT2D eigenvalue weighted by Crippen LogP contribution is -2.47. The van der Waals surface area contributed by atoms with E-state index in [0.717, 1.165) is 0 Å². The van der Waals surface area contributed by atoms with Crippen LogP contribution in [0.2, 0.25) is 0 Å². The van der Waals surface area contributed by atoms with Crippen LogP contribution in [0.4, 0.5) is 0 Å². The third kappa shape index (κ3) is 2.88. The first-order valence-electron chi connectivity index (χ1n) is 6.99. The molecule has 0 radical (unpaired) electrons. The number of phenols is 1. The molecular formula is C15H22ClNOS. The SMILES string of the molecule is CCCN1CCC[C@H]2c3cc(O)ccc3SC[C@@H]21.Cl. The predicted octanol–water partition coefficient (Wildman–Crippen LogP) is 3.88. The normalized spacial score (nSPS) is 26.2. The molecule has 0 unspecified atom stereocenters. The van der Waals surface area contributed by atoms with Gasteiger partial charge in [0.2, 0.25) is 0 Å². The predicted molar refractivity (Wildman–Crippen MR) is 83.7 cm³/mol. The van der Waals surface area contributed by atoms with Crippen LogP contribution in [-0.2, 0) is 0 Å². The largest absolute Gasteiger partial charge is 0.508 e. The van der Waals surface area contributed by atoms with Gasteiger partial charge in [-0.1, -0.05) is 6.92 Å². The molecule has 1 aromatic carbocycles. The van der Waals surface area contributed by atoms with Crippen molar-refractivity contribution in [2.45, 2.75) is 43.0 Å². The van der Waals surface area contributed by atoms with Crippen LogP contribution in [0.1, 0.15) is 37.7 Å². The summed E-state index contributed by atoms with van der Waals surface area (Å²) in [5.41, 5.74) is 1.39. The molecule has 0 aromatic heterocycles. The fraction of sp³-hybridized carbons (Fsp3) is 0.600. The number of fused-ring (bicyclic) bond motifs is 3. The molecule has 4 heteroatoms. The minimum atomic E-state index is 0. The zero-order valence-corrected chi connectivity index (χ0v) is 13.0. The van der Waals surface area contributed by atoms with Gasteiger partial charge in [-0.05, 0) is 56.1 Å². The zero-order chi connectivity index (χ0) is 12.5. The molecule has 2 heterocycles. The van der Waals surface area contributed by atoms with Crippen molar-refractivity contribution in [3.05, 3.63) is 23.8 Å². The number of aromatic hydroxyl groups is 1. The second-order valence-electron chi connectivity index (χ2n) is 5.39. The van der Waals surface area contributed by atoms with E-state index in [0.29, 0.717) is 17.7 Å². The van der Waals surface area contributed by atoms with Gasteiger partial charge in [0.15, 0.2) is 0 Å². The molecule has 0 bridgehead atoms. The highest BCUT2D eigenvalue weighted by molar-refractivity contribution is 7.99. The Bertz CT molecular complexity index is 438. The first-order valence-corrected chi connectivity index (χ1v) is 7.98. The molecule has 1 saturated heterocycles. The molecule has 2 aliphatic heterocycles. The van der Waals surface area contributed by atoms with Crippen molar-refractivity contribution in [2.24, 2.45) is 0 Å². The molecular weight excluding hydrogens is 278 g/mol. The summed E-state index contributed by atoms with van der Waals surface area (Å²) in [6.07, 6.45) is 3.81. The Labute approximate surface area is 126 Å². The summed E-state index contributed by atoms with van der Waals surface area (Å²) >= 11 is 1.96. The summed E-state index contributed by atoms with van der Waals surface area (Å²) in [6.45, 7) is 4.74. The number of hydrogen-bond acceptors (Lipinski definition) is 3. The van der Waals surface area contributed by atoms with Gasteiger partial charge < -0.3 is 5.11 Å². The van der Waals surface area contributed by atoms with Crippen molar-refractivity contribution in [3.8, 4) is 5.75 Å². The molecule has 106 valence electrons. The van der Waals surface area contributed by atoms with E-state index >= 15 is 0 Å². The number of nitrogens with zero attached hydrogens (tertiary/aromatic N) is 1. The summed E-state index contributed by atoms with van der Waals surface area (Å²) in [5.74, 6) is 2.26. The van der Waals surface area contributed by atoms with Crippen LogP contribution in [0.3, 0.4) is 0 Å². The molecule has 2 nitrogen and oxygen atoms in total. The van der Waals surface area contributed by atoms with Gasteiger partial charge in [-0.2, -0.15) is 0 Å². The number of benzene rings is 1. The van der Waals surface area contributed by atoms with Crippen molar-refractivity contribution in [2.75, 3.05) is 18.8 Å². The standard InChI is InChI=1S/C15H21NOS.ClH/c1-2-7-16-8-3-4-12-13-9-11(17)5-6-15(13)18-10-14(12)16;/h5-6,9,12,14,17H,2-4,7-8,10H2,1H3;1H/t12-,14-;/m0./s1. The van der Waals surface area contributed by atoms with Crippen LogP contribution in [0.15, 0.2) is 23.1 Å². The fourth-order valence-electron chi connectivity index (χ4n) is 3.41. The van der Waals surface area contributed by atoms with Crippen molar-refractivity contribution in [3.63, 3.8) is 0 Å². The molecule has 2 atom stereocenters. The maximum atomic E-state index is 9.72. The van der Waals surface area contributed by atoms with Gasteiger partial charge in [-0.15, -0.1) is 24.2 Å². The molecule has 1 fully saturated rings. The lowest BCUT2D eigenvalue weighted by Gasteiger charge is -2.44. The second kappa shape index (κ2) is 6.38. The molecule has 1 aromatic rings. The Hall–Kier alpha value is -0.380. The average molecular weight is 300 g/mol. The molecule has 0 aliphatic carbocycles. The van der Waals surface area contributed by atoms with Gasteiger partial charge in [0.25, 0.3) is 0 Å². The molecule has 0 amide bonds. The van der Waals surface area contributed by atoms with E-state index < -0.39 is 0 Å². The smallest absolute Gasteiger partial charge is 0.115 e. The molecule has 0 spiro atoms. The number of rotatable bonds is 2. The first kappa shape index (κ1) is 15.0. The number of likely N-dealkylation sites (tertiary alicyclic amines) is 1. The third-order valence-electron chi connectivity index (χ3n) is 4.21. The number of thioether (sulfide) groups is 1. The molecule has 2 aliphatic rings. The highest BCUT2D eigenvalue weighted by Crippen LogP contribution is 2.45. The second-order valence-corrected chi connectivity index (χ2v) is 6.45. The summed E-state index contributed by atoms with van der Waals surface area (Å²) in [7, 11) is 0. The maximum absolute atomic E-state index is 9.72. The van der Waals surface area contributed by atoms with Crippen molar-refractivity contribution in [1.29, 1.82) is 0 Å². The van der Waals surface area contributed by atoms with E-state index in [-0.39, 0.29) is 12.4 Å². The maximum Gasteiger partial charge on any atom is 0.115 e. The lowest BCUT2D eigenvalue weighted by molar-refractivity contribution is 0.139. The third-order valence-corrected chi connectivity index (χ3v) is 5.40. The highest BCUT2D eigenvalue weighted by Gasteiger charge is 2.36. The van der Waals surface area contributed by atoms with E-state index in [1.807, 2.05) is 23.9 Å². The average Bonchev–Trinajstić information content (AvgIpc) is 2.39. The van der Waals surface area contributed by atoms with Crippen LogP contribution in [-0.4, -0.2) is 34.9 Å². The van der Waals surface area contributed by atoms with E-state index in [2.05, 4.69) is 17.9 Å². The minimum Gasteiger partial charge on any atom is -0.508 e. The topological polar surface area (TPSA) is 23.5 Å². The Balaban J connectivity index is 0.00000133. The Morgan fingerprint density at radius 3 is 3.05 bits per heavy atom. The van der Waals surface area contributed by atoms with Gasteiger partial charge in [0.1, 0.15) is 5.75 Å². The van der Waals surface area contributed by atoms with Crippen LogP contribution in [0.5, 0.6) is 5.75 Å². The van der Waals surface area contributed by atoms with E-state index in [9.17, 15) is 5.11 Å². The number of piperidine rings is 1. The van der Waals surface area contributed by atoms with Crippen LogP contribution < -0.4 is 0 Å². The van der Waals surface area contributed by atoms with Gasteiger partial charge >= 0.3 is 0 Å². The monoisotopic (exact) mass is 299 g/mol. The van der Waals surface area contributed by atoms with Gasteiger partial charge in [-0.3, -0.25) is 4.90 Å². The summed E-state index contributed by atoms with van der Waals surface area (Å²) in [6, 6.07) is 6.58. The highest BCUT2D eigenvalue weighted by atomic mass is 35.5. The molecule has 1 N–H and O–H groups in total. The Morgan fingerprint density at radius 2 is 2.26 bits per heavy atom. The Morgan fingerprint density at radius 1 is 1.42 bits per heavy atom. The summed E-state index contributed by atoms with van der Waals surface area (Å²) in [4.78, 5) is 4.04.